The van der Waals surface area contributed by atoms with Crippen LogP contribution in [0.3, 0.4) is 0 Å². The summed E-state index contributed by atoms with van der Waals surface area (Å²) in [6, 6.07) is 5.06. The van der Waals surface area contributed by atoms with Crippen LogP contribution < -0.4 is 5.32 Å². The Balaban J connectivity index is 1.95. The Morgan fingerprint density at radius 3 is 2.80 bits per heavy atom. The molecule has 7 heteroatoms. The van der Waals surface area contributed by atoms with Crippen molar-refractivity contribution in [2.75, 3.05) is 6.54 Å². The molecule has 0 bridgehead atoms. The molecule has 0 unspecified atom stereocenters. The Morgan fingerprint density at radius 1 is 1.40 bits per heavy atom. The minimum Gasteiger partial charge on any atom is -0.352 e. The monoisotopic (exact) mass is 294 g/mol. The highest BCUT2D eigenvalue weighted by Gasteiger charge is 2.16. The maximum Gasteiger partial charge on any atom is 0.304 e. The molecule has 2 rings (SSSR count). The van der Waals surface area contributed by atoms with E-state index in [1.165, 1.54) is 6.07 Å². The first-order chi connectivity index (χ1) is 9.58. The average molecular weight is 294 g/mol. The van der Waals surface area contributed by atoms with E-state index in [0.29, 0.717) is 13.0 Å². The van der Waals surface area contributed by atoms with Crippen molar-refractivity contribution in [2.45, 2.75) is 6.42 Å². The smallest absolute Gasteiger partial charge is 0.304 e. The van der Waals surface area contributed by atoms with E-state index in [2.05, 4.69) is 5.32 Å². The van der Waals surface area contributed by atoms with Gasteiger partial charge in [-0.3, -0.25) is 14.9 Å². The molecule has 104 valence electrons. The fourth-order valence-corrected chi connectivity index (χ4v) is 2.36. The number of nitro groups is 1. The predicted octanol–water partition coefficient (Wildman–Crippen LogP) is 2.77. The Kier molecular flexibility index (Phi) is 4.41. The van der Waals surface area contributed by atoms with Crippen LogP contribution in [0.2, 0.25) is 0 Å². The van der Waals surface area contributed by atoms with Crippen molar-refractivity contribution in [3.05, 3.63) is 62.1 Å². The number of carbonyl (C=O) groups excluding carboxylic acids is 1. The molecule has 1 heterocycles. The second-order valence-corrected chi connectivity index (χ2v) is 4.84. The summed E-state index contributed by atoms with van der Waals surface area (Å²) in [4.78, 5) is 21.4. The Morgan fingerprint density at radius 2 is 2.20 bits per heavy atom. The fourth-order valence-electron chi connectivity index (χ4n) is 1.65. The SMILES string of the molecule is O=C(NCCc1ccsc1)c1ccc([N+](=O)[O-])c(F)c1. The van der Waals surface area contributed by atoms with Gasteiger partial charge in [0.1, 0.15) is 0 Å². The summed E-state index contributed by atoms with van der Waals surface area (Å²) >= 11 is 1.57. The molecule has 0 aliphatic heterocycles. The molecule has 0 radical (unpaired) electrons. The number of halogens is 1. The summed E-state index contributed by atoms with van der Waals surface area (Å²) in [7, 11) is 0. The Labute approximate surface area is 118 Å². The molecular formula is C13H11FN2O3S. The van der Waals surface area contributed by atoms with Gasteiger partial charge in [-0.2, -0.15) is 15.7 Å². The number of amides is 1. The summed E-state index contributed by atoms with van der Waals surface area (Å²) < 4.78 is 13.4. The molecule has 1 N–H and O–H groups in total. The summed E-state index contributed by atoms with van der Waals surface area (Å²) in [5.74, 6) is -1.46. The number of benzene rings is 1. The lowest BCUT2D eigenvalue weighted by atomic mass is 10.2. The van der Waals surface area contributed by atoms with E-state index < -0.39 is 22.3 Å². The third kappa shape index (κ3) is 3.39. The third-order valence-electron chi connectivity index (χ3n) is 2.69. The standard InChI is InChI=1S/C13H11FN2O3S/c14-11-7-10(1-2-12(11)16(18)19)13(17)15-5-3-9-4-6-20-8-9/h1-2,4,6-8H,3,5H2,(H,15,17). The number of hydrogen-bond acceptors (Lipinski definition) is 4. The van der Waals surface area contributed by atoms with Gasteiger partial charge in [0.25, 0.3) is 5.91 Å². The average Bonchev–Trinajstić information content (AvgIpc) is 2.91. The highest BCUT2D eigenvalue weighted by atomic mass is 32.1. The van der Waals surface area contributed by atoms with E-state index in [9.17, 15) is 19.3 Å². The molecule has 0 fully saturated rings. The number of rotatable bonds is 5. The molecule has 1 aromatic carbocycles. The number of nitrogens with zero attached hydrogens (tertiary/aromatic N) is 1. The molecule has 0 saturated carbocycles. The van der Waals surface area contributed by atoms with Crippen molar-refractivity contribution in [2.24, 2.45) is 0 Å². The van der Waals surface area contributed by atoms with Crippen molar-refractivity contribution in [3.63, 3.8) is 0 Å². The topological polar surface area (TPSA) is 72.2 Å². The van der Waals surface area contributed by atoms with Gasteiger partial charge in [-0.15, -0.1) is 0 Å². The van der Waals surface area contributed by atoms with Crippen LogP contribution in [0.15, 0.2) is 35.0 Å². The van der Waals surface area contributed by atoms with Crippen molar-refractivity contribution in [1.29, 1.82) is 0 Å². The zero-order chi connectivity index (χ0) is 14.5. The molecule has 1 amide bonds. The van der Waals surface area contributed by atoms with E-state index >= 15 is 0 Å². The lowest BCUT2D eigenvalue weighted by Crippen LogP contribution is -2.25. The quantitative estimate of drug-likeness (QED) is 0.680. The van der Waals surface area contributed by atoms with Crippen LogP contribution in [0.5, 0.6) is 0 Å². The van der Waals surface area contributed by atoms with Gasteiger partial charge < -0.3 is 5.32 Å². The maximum absolute atomic E-state index is 13.4. The van der Waals surface area contributed by atoms with E-state index in [-0.39, 0.29) is 5.56 Å². The van der Waals surface area contributed by atoms with Crippen LogP contribution in [-0.4, -0.2) is 17.4 Å². The fraction of sp³-hybridized carbons (Fsp3) is 0.154. The zero-order valence-electron chi connectivity index (χ0n) is 10.3. The Hall–Kier alpha value is -2.28. The van der Waals surface area contributed by atoms with E-state index in [1.54, 1.807) is 11.3 Å². The number of nitro benzene ring substituents is 1. The first-order valence-corrected chi connectivity index (χ1v) is 6.75. The molecule has 5 nitrogen and oxygen atoms in total. The van der Waals surface area contributed by atoms with Crippen molar-refractivity contribution in [3.8, 4) is 0 Å². The predicted molar refractivity (Wildman–Crippen MR) is 73.4 cm³/mol. The summed E-state index contributed by atoms with van der Waals surface area (Å²) in [6.45, 7) is 0.425. The van der Waals surface area contributed by atoms with Crippen molar-refractivity contribution < 1.29 is 14.1 Å². The normalized spacial score (nSPS) is 10.2. The van der Waals surface area contributed by atoms with Gasteiger partial charge in [-0.05, 0) is 40.9 Å². The molecule has 0 aliphatic carbocycles. The van der Waals surface area contributed by atoms with Gasteiger partial charge >= 0.3 is 5.69 Å². The summed E-state index contributed by atoms with van der Waals surface area (Å²) in [5.41, 5.74) is 0.545. The first-order valence-electron chi connectivity index (χ1n) is 5.81. The molecule has 0 spiro atoms. The van der Waals surface area contributed by atoms with Crippen molar-refractivity contribution >= 4 is 22.9 Å². The summed E-state index contributed by atoms with van der Waals surface area (Å²) in [6.07, 6.45) is 0.685. The maximum atomic E-state index is 13.4. The summed E-state index contributed by atoms with van der Waals surface area (Å²) in [5, 5.41) is 17.0. The lowest BCUT2D eigenvalue weighted by molar-refractivity contribution is -0.387. The largest absolute Gasteiger partial charge is 0.352 e. The molecular weight excluding hydrogens is 283 g/mol. The number of nitrogens with one attached hydrogen (secondary N) is 1. The first kappa shape index (κ1) is 14.1. The van der Waals surface area contributed by atoms with Crippen LogP contribution in [0, 0.1) is 15.9 Å². The molecule has 20 heavy (non-hydrogen) atoms. The molecule has 1 aromatic heterocycles. The zero-order valence-corrected chi connectivity index (χ0v) is 11.2. The van der Waals surface area contributed by atoms with Crippen LogP contribution in [0.1, 0.15) is 15.9 Å². The van der Waals surface area contributed by atoms with Crippen molar-refractivity contribution in [1.82, 2.24) is 5.32 Å². The van der Waals surface area contributed by atoms with Crippen LogP contribution >= 0.6 is 11.3 Å². The highest BCUT2D eigenvalue weighted by molar-refractivity contribution is 7.07. The highest BCUT2D eigenvalue weighted by Crippen LogP contribution is 2.17. The van der Waals surface area contributed by atoms with Gasteiger partial charge in [-0.1, -0.05) is 0 Å². The number of hydrogen-bond donors (Lipinski definition) is 1. The lowest BCUT2D eigenvalue weighted by Gasteiger charge is -2.04. The van der Waals surface area contributed by atoms with E-state index in [1.807, 2.05) is 16.8 Å². The molecule has 2 aromatic rings. The van der Waals surface area contributed by atoms with Gasteiger partial charge in [0.05, 0.1) is 4.92 Å². The Bertz CT molecular complexity index is 629. The minimum absolute atomic E-state index is 0.0680. The number of thiophene rings is 1. The molecule has 0 atom stereocenters. The third-order valence-corrected chi connectivity index (χ3v) is 3.42. The van der Waals surface area contributed by atoms with E-state index in [4.69, 9.17) is 0 Å². The second kappa shape index (κ2) is 6.25. The molecule has 0 saturated heterocycles. The van der Waals surface area contributed by atoms with Crippen LogP contribution in [0.4, 0.5) is 10.1 Å². The van der Waals surface area contributed by atoms with Gasteiger partial charge in [0.2, 0.25) is 5.82 Å². The minimum atomic E-state index is -1.01. The second-order valence-electron chi connectivity index (χ2n) is 4.06. The van der Waals surface area contributed by atoms with Gasteiger partial charge in [0.15, 0.2) is 0 Å². The molecule has 0 aliphatic rings. The van der Waals surface area contributed by atoms with E-state index in [0.717, 1.165) is 17.7 Å². The number of carbonyl (C=O) groups is 1. The van der Waals surface area contributed by atoms with Crippen LogP contribution in [0.25, 0.3) is 0 Å². The van der Waals surface area contributed by atoms with Crippen LogP contribution in [-0.2, 0) is 6.42 Å². The van der Waals surface area contributed by atoms with Gasteiger partial charge in [0, 0.05) is 18.2 Å². The van der Waals surface area contributed by atoms with Gasteiger partial charge in [-0.25, -0.2) is 0 Å².